The van der Waals surface area contributed by atoms with Crippen LogP contribution in [0.15, 0.2) is 71.6 Å². The number of hydrogen-bond acceptors (Lipinski definition) is 2. The van der Waals surface area contributed by atoms with Crippen LogP contribution in [0.5, 0.6) is 0 Å². The van der Waals surface area contributed by atoms with E-state index in [2.05, 4.69) is 30.4 Å². The van der Waals surface area contributed by atoms with Gasteiger partial charge in [-0.2, -0.15) is 0 Å². The van der Waals surface area contributed by atoms with Gasteiger partial charge in [-0.1, -0.05) is 48.0 Å². The standard InChI is InChI=1S/C19H17NOS/c1-14-6-10-18(11-7-14)22-13-19(21)20-17-9-8-15-4-2-3-5-16(15)12-17/h2-12H,13H2,1H3,(H,20,21). The van der Waals surface area contributed by atoms with Gasteiger partial charge >= 0.3 is 0 Å². The summed E-state index contributed by atoms with van der Waals surface area (Å²) < 4.78 is 0. The molecule has 0 spiro atoms. The number of hydrogen-bond donors (Lipinski definition) is 1. The van der Waals surface area contributed by atoms with Crippen molar-refractivity contribution < 1.29 is 4.79 Å². The summed E-state index contributed by atoms with van der Waals surface area (Å²) in [5, 5.41) is 5.26. The van der Waals surface area contributed by atoms with Gasteiger partial charge in [0.25, 0.3) is 0 Å². The Morgan fingerprint density at radius 3 is 2.45 bits per heavy atom. The number of rotatable bonds is 4. The Morgan fingerprint density at radius 2 is 1.68 bits per heavy atom. The van der Waals surface area contributed by atoms with Crippen LogP contribution in [0.3, 0.4) is 0 Å². The maximum atomic E-state index is 12.1. The van der Waals surface area contributed by atoms with Crippen LogP contribution in [-0.2, 0) is 4.79 Å². The predicted octanol–water partition coefficient (Wildman–Crippen LogP) is 4.88. The minimum Gasteiger partial charge on any atom is -0.325 e. The number of nitrogens with one attached hydrogen (secondary N) is 1. The van der Waals surface area contributed by atoms with Gasteiger partial charge in [-0.15, -0.1) is 11.8 Å². The van der Waals surface area contributed by atoms with Crippen LogP contribution in [0.4, 0.5) is 5.69 Å². The number of aryl methyl sites for hydroxylation is 1. The molecule has 1 N–H and O–H groups in total. The van der Waals surface area contributed by atoms with Crippen LogP contribution in [0, 0.1) is 6.92 Å². The van der Waals surface area contributed by atoms with E-state index >= 15 is 0 Å². The predicted molar refractivity (Wildman–Crippen MR) is 94.5 cm³/mol. The second-order valence-corrected chi connectivity index (χ2v) is 6.26. The van der Waals surface area contributed by atoms with Crippen molar-refractivity contribution in [1.29, 1.82) is 0 Å². The number of carbonyl (C=O) groups excluding carboxylic acids is 1. The van der Waals surface area contributed by atoms with E-state index in [9.17, 15) is 4.79 Å². The van der Waals surface area contributed by atoms with Crippen molar-refractivity contribution in [1.82, 2.24) is 0 Å². The topological polar surface area (TPSA) is 29.1 Å². The summed E-state index contributed by atoms with van der Waals surface area (Å²) in [5.74, 6) is 0.427. The number of amides is 1. The lowest BCUT2D eigenvalue weighted by Gasteiger charge is -2.07. The Balaban J connectivity index is 1.61. The fourth-order valence-electron chi connectivity index (χ4n) is 2.25. The van der Waals surface area contributed by atoms with Gasteiger partial charge in [-0.05, 0) is 42.0 Å². The second kappa shape index (κ2) is 6.67. The van der Waals surface area contributed by atoms with Gasteiger partial charge in [0.2, 0.25) is 5.91 Å². The molecule has 0 aliphatic rings. The molecule has 0 fully saturated rings. The molecule has 2 nitrogen and oxygen atoms in total. The summed E-state index contributed by atoms with van der Waals surface area (Å²) in [6.45, 7) is 2.06. The first-order valence-corrected chi connectivity index (χ1v) is 8.17. The van der Waals surface area contributed by atoms with Crippen molar-refractivity contribution in [2.75, 3.05) is 11.1 Å². The highest BCUT2D eigenvalue weighted by Gasteiger charge is 2.04. The van der Waals surface area contributed by atoms with Gasteiger partial charge in [-0.25, -0.2) is 0 Å². The van der Waals surface area contributed by atoms with Gasteiger partial charge in [0.05, 0.1) is 5.75 Å². The van der Waals surface area contributed by atoms with Gasteiger partial charge in [0, 0.05) is 10.6 Å². The molecular formula is C19H17NOS. The van der Waals surface area contributed by atoms with E-state index in [1.54, 1.807) is 11.8 Å². The lowest BCUT2D eigenvalue weighted by molar-refractivity contribution is -0.113. The van der Waals surface area contributed by atoms with Gasteiger partial charge in [-0.3, -0.25) is 4.79 Å². The molecule has 0 atom stereocenters. The third kappa shape index (κ3) is 3.68. The number of benzene rings is 3. The van der Waals surface area contributed by atoms with E-state index in [1.165, 1.54) is 10.9 Å². The number of anilines is 1. The van der Waals surface area contributed by atoms with Crippen molar-refractivity contribution in [2.24, 2.45) is 0 Å². The largest absolute Gasteiger partial charge is 0.325 e. The molecule has 0 bridgehead atoms. The molecular weight excluding hydrogens is 290 g/mol. The Morgan fingerprint density at radius 1 is 0.955 bits per heavy atom. The molecule has 3 aromatic rings. The average molecular weight is 307 g/mol. The molecule has 0 saturated heterocycles. The van der Waals surface area contributed by atoms with E-state index in [1.807, 2.05) is 48.5 Å². The molecule has 110 valence electrons. The summed E-state index contributed by atoms with van der Waals surface area (Å²) >= 11 is 1.55. The number of thioether (sulfide) groups is 1. The normalized spacial score (nSPS) is 10.6. The first kappa shape index (κ1) is 14.7. The quantitative estimate of drug-likeness (QED) is 0.696. The fourth-order valence-corrected chi connectivity index (χ4v) is 2.95. The molecule has 0 aromatic heterocycles. The molecule has 3 heteroatoms. The summed E-state index contributed by atoms with van der Waals surface area (Å²) in [4.78, 5) is 13.2. The molecule has 0 radical (unpaired) electrons. The summed E-state index contributed by atoms with van der Waals surface area (Å²) in [6.07, 6.45) is 0. The third-order valence-electron chi connectivity index (χ3n) is 3.42. The van der Waals surface area contributed by atoms with Gasteiger partial charge in [0.15, 0.2) is 0 Å². The van der Waals surface area contributed by atoms with E-state index in [4.69, 9.17) is 0 Å². The Labute approximate surface area is 134 Å². The molecule has 22 heavy (non-hydrogen) atoms. The molecule has 0 unspecified atom stereocenters. The maximum absolute atomic E-state index is 12.1. The van der Waals surface area contributed by atoms with Gasteiger partial charge < -0.3 is 5.32 Å². The monoisotopic (exact) mass is 307 g/mol. The van der Waals surface area contributed by atoms with E-state index < -0.39 is 0 Å². The minimum absolute atomic E-state index is 0.0147. The Hall–Kier alpha value is -2.26. The molecule has 3 aromatic carbocycles. The maximum Gasteiger partial charge on any atom is 0.234 e. The highest BCUT2D eigenvalue weighted by molar-refractivity contribution is 8.00. The van der Waals surface area contributed by atoms with Gasteiger partial charge in [0.1, 0.15) is 0 Å². The fraction of sp³-hybridized carbons (Fsp3) is 0.105. The Bertz CT molecular complexity index is 796. The molecule has 0 aliphatic carbocycles. The first-order chi connectivity index (χ1) is 10.7. The smallest absolute Gasteiger partial charge is 0.234 e. The van der Waals surface area contributed by atoms with Crippen LogP contribution in [0.1, 0.15) is 5.56 Å². The Kier molecular flexibility index (Phi) is 4.45. The van der Waals surface area contributed by atoms with Crippen LogP contribution < -0.4 is 5.32 Å². The van der Waals surface area contributed by atoms with Crippen LogP contribution >= 0.6 is 11.8 Å². The molecule has 3 rings (SSSR count). The summed E-state index contributed by atoms with van der Waals surface area (Å²) in [7, 11) is 0. The third-order valence-corrected chi connectivity index (χ3v) is 4.44. The van der Waals surface area contributed by atoms with Crippen molar-refractivity contribution >= 4 is 34.1 Å². The van der Waals surface area contributed by atoms with Crippen molar-refractivity contribution in [2.45, 2.75) is 11.8 Å². The lowest BCUT2D eigenvalue weighted by atomic mass is 10.1. The molecule has 0 aliphatic heterocycles. The van der Waals surface area contributed by atoms with E-state index in [-0.39, 0.29) is 5.91 Å². The summed E-state index contributed by atoms with van der Waals surface area (Å²) in [6, 6.07) is 22.3. The lowest BCUT2D eigenvalue weighted by Crippen LogP contribution is -2.13. The first-order valence-electron chi connectivity index (χ1n) is 7.19. The van der Waals surface area contributed by atoms with Crippen molar-refractivity contribution in [3.05, 3.63) is 72.3 Å². The SMILES string of the molecule is Cc1ccc(SCC(=O)Nc2ccc3ccccc3c2)cc1. The molecule has 0 saturated carbocycles. The van der Waals surface area contributed by atoms with Crippen molar-refractivity contribution in [3.8, 4) is 0 Å². The average Bonchev–Trinajstić information content (AvgIpc) is 2.54. The highest BCUT2D eigenvalue weighted by Crippen LogP contribution is 2.21. The van der Waals surface area contributed by atoms with E-state index in [0.717, 1.165) is 16.0 Å². The van der Waals surface area contributed by atoms with Crippen molar-refractivity contribution in [3.63, 3.8) is 0 Å². The minimum atomic E-state index is 0.0147. The van der Waals surface area contributed by atoms with Crippen LogP contribution in [-0.4, -0.2) is 11.7 Å². The number of carbonyl (C=O) groups is 1. The number of fused-ring (bicyclic) bond motifs is 1. The zero-order valence-electron chi connectivity index (χ0n) is 12.4. The molecule has 0 heterocycles. The summed E-state index contributed by atoms with van der Waals surface area (Å²) in [5.41, 5.74) is 2.07. The molecule has 1 amide bonds. The van der Waals surface area contributed by atoms with Crippen LogP contribution in [0.25, 0.3) is 10.8 Å². The zero-order valence-corrected chi connectivity index (χ0v) is 13.2. The zero-order chi connectivity index (χ0) is 15.4. The van der Waals surface area contributed by atoms with E-state index in [0.29, 0.717) is 5.75 Å². The van der Waals surface area contributed by atoms with Crippen LogP contribution in [0.2, 0.25) is 0 Å². The highest BCUT2D eigenvalue weighted by atomic mass is 32.2. The second-order valence-electron chi connectivity index (χ2n) is 5.21.